The predicted molar refractivity (Wildman–Crippen MR) is 121 cm³/mol. The zero-order chi connectivity index (χ0) is 22.6. The fraction of sp³-hybridized carbons (Fsp3) is 0.370. The van der Waals surface area contributed by atoms with Crippen LogP contribution in [-0.4, -0.2) is 17.8 Å². The molecule has 1 heterocycles. The SMILES string of the molecule is CCC(C)(C)c1ccc(OC(=O)c2cccc(N3C(=O)[C@@H]4[C@H](C3=O)[C@H]3C=C[C@H]4C3)c2)cc1. The zero-order valence-electron chi connectivity index (χ0n) is 18.6. The van der Waals surface area contributed by atoms with E-state index >= 15 is 0 Å². The van der Waals surface area contributed by atoms with Crippen LogP contribution in [-0.2, 0) is 15.0 Å². The van der Waals surface area contributed by atoms with Crippen molar-refractivity contribution in [2.45, 2.75) is 39.0 Å². The molecule has 0 radical (unpaired) electrons. The van der Waals surface area contributed by atoms with Crippen molar-refractivity contribution in [1.82, 2.24) is 0 Å². The summed E-state index contributed by atoms with van der Waals surface area (Å²) in [6.07, 6.45) is 6.04. The minimum atomic E-state index is -0.518. The molecule has 5 heteroatoms. The van der Waals surface area contributed by atoms with Crippen molar-refractivity contribution in [3.8, 4) is 5.75 Å². The molecule has 2 aliphatic carbocycles. The highest BCUT2D eigenvalue weighted by molar-refractivity contribution is 6.23. The smallest absolute Gasteiger partial charge is 0.343 e. The average Bonchev–Trinajstić information content (AvgIpc) is 3.48. The molecule has 2 aromatic carbocycles. The Balaban J connectivity index is 1.34. The van der Waals surface area contributed by atoms with E-state index in [0.717, 1.165) is 12.8 Å². The quantitative estimate of drug-likeness (QED) is 0.293. The van der Waals surface area contributed by atoms with E-state index < -0.39 is 5.97 Å². The number of hydrogen-bond acceptors (Lipinski definition) is 4. The molecule has 0 aromatic heterocycles. The van der Waals surface area contributed by atoms with Gasteiger partial charge in [-0.1, -0.05) is 51.1 Å². The Morgan fingerprint density at radius 1 is 1.00 bits per heavy atom. The first-order valence-electron chi connectivity index (χ1n) is 11.3. The van der Waals surface area contributed by atoms with Crippen LogP contribution in [0.2, 0.25) is 0 Å². The van der Waals surface area contributed by atoms with E-state index in [1.165, 1.54) is 10.5 Å². The number of benzene rings is 2. The minimum absolute atomic E-state index is 0.0545. The van der Waals surface area contributed by atoms with Gasteiger partial charge in [0.25, 0.3) is 0 Å². The summed E-state index contributed by atoms with van der Waals surface area (Å²) in [5, 5.41) is 0. The maximum absolute atomic E-state index is 13.1. The first-order valence-corrected chi connectivity index (χ1v) is 11.3. The maximum Gasteiger partial charge on any atom is 0.343 e. The number of carbonyl (C=O) groups excluding carboxylic acids is 3. The summed E-state index contributed by atoms with van der Waals surface area (Å²) in [5.41, 5.74) is 1.98. The monoisotopic (exact) mass is 429 g/mol. The van der Waals surface area contributed by atoms with Gasteiger partial charge in [-0.15, -0.1) is 0 Å². The van der Waals surface area contributed by atoms with Gasteiger partial charge in [-0.25, -0.2) is 9.69 Å². The van der Waals surface area contributed by atoms with Crippen molar-refractivity contribution in [3.05, 3.63) is 71.8 Å². The van der Waals surface area contributed by atoms with Crippen molar-refractivity contribution in [2.75, 3.05) is 4.90 Å². The fourth-order valence-electron chi connectivity index (χ4n) is 5.27. The van der Waals surface area contributed by atoms with Gasteiger partial charge in [0.1, 0.15) is 5.75 Å². The second kappa shape index (κ2) is 7.44. The molecule has 2 bridgehead atoms. The molecule has 2 aromatic rings. The Kier molecular flexibility index (Phi) is 4.81. The molecule has 3 aliphatic rings. The molecular formula is C27H27NO4. The summed E-state index contributed by atoms with van der Waals surface area (Å²) < 4.78 is 5.55. The Labute approximate surface area is 188 Å². The maximum atomic E-state index is 13.1. The molecule has 1 aliphatic heterocycles. The number of amides is 2. The van der Waals surface area contributed by atoms with E-state index in [4.69, 9.17) is 4.74 Å². The number of rotatable bonds is 5. The number of allylic oxidation sites excluding steroid dienone is 2. The molecule has 4 atom stereocenters. The molecule has 0 unspecified atom stereocenters. The number of hydrogen-bond donors (Lipinski definition) is 0. The number of imide groups is 1. The largest absolute Gasteiger partial charge is 0.423 e. The van der Waals surface area contributed by atoms with Crippen LogP contribution in [0, 0.1) is 23.7 Å². The van der Waals surface area contributed by atoms with Crippen LogP contribution in [0.25, 0.3) is 0 Å². The van der Waals surface area contributed by atoms with Gasteiger partial charge in [0.05, 0.1) is 23.1 Å². The van der Waals surface area contributed by atoms with Crippen LogP contribution in [0.5, 0.6) is 5.75 Å². The third-order valence-electron chi connectivity index (χ3n) is 7.54. The van der Waals surface area contributed by atoms with Crippen LogP contribution in [0.3, 0.4) is 0 Å². The molecule has 32 heavy (non-hydrogen) atoms. The van der Waals surface area contributed by atoms with Gasteiger partial charge in [0, 0.05) is 0 Å². The summed E-state index contributed by atoms with van der Waals surface area (Å²) in [5.74, 6) is -0.594. The Hall–Kier alpha value is -3.21. The third kappa shape index (κ3) is 3.19. The second-order valence-electron chi connectivity index (χ2n) is 9.71. The highest BCUT2D eigenvalue weighted by Gasteiger charge is 2.59. The number of fused-ring (bicyclic) bond motifs is 5. The number of carbonyl (C=O) groups is 3. The normalized spacial score (nSPS) is 26.0. The Morgan fingerprint density at radius 3 is 2.22 bits per heavy atom. The lowest BCUT2D eigenvalue weighted by molar-refractivity contribution is -0.123. The number of esters is 1. The topological polar surface area (TPSA) is 63.7 Å². The van der Waals surface area contributed by atoms with E-state index in [1.54, 1.807) is 36.4 Å². The van der Waals surface area contributed by atoms with Gasteiger partial charge in [0.15, 0.2) is 0 Å². The minimum Gasteiger partial charge on any atom is -0.423 e. The van der Waals surface area contributed by atoms with Gasteiger partial charge >= 0.3 is 5.97 Å². The van der Waals surface area contributed by atoms with Crippen LogP contribution in [0.4, 0.5) is 5.69 Å². The van der Waals surface area contributed by atoms with E-state index in [1.807, 2.05) is 12.1 Å². The molecule has 0 N–H and O–H groups in total. The summed E-state index contributed by atoms with van der Waals surface area (Å²) in [7, 11) is 0. The van der Waals surface area contributed by atoms with Crippen molar-refractivity contribution in [2.24, 2.45) is 23.7 Å². The molecule has 164 valence electrons. The number of anilines is 1. The lowest BCUT2D eigenvalue weighted by Gasteiger charge is -2.23. The fourth-order valence-corrected chi connectivity index (χ4v) is 5.27. The molecule has 1 saturated heterocycles. The lowest BCUT2D eigenvalue weighted by Crippen LogP contribution is -2.33. The number of ether oxygens (including phenoxy) is 1. The van der Waals surface area contributed by atoms with E-state index in [0.29, 0.717) is 17.0 Å². The first-order chi connectivity index (χ1) is 15.3. The van der Waals surface area contributed by atoms with Gasteiger partial charge in [-0.3, -0.25) is 9.59 Å². The van der Waals surface area contributed by atoms with Crippen LogP contribution >= 0.6 is 0 Å². The standard InChI is InChI=1S/C27H27NO4/c1-4-27(2,3)19-10-12-21(13-11-19)32-26(31)18-6-5-7-20(15-18)28-24(29)22-16-8-9-17(14-16)23(22)25(28)30/h5-13,15-17,22-23H,4,14H2,1-3H3/t16-,17-,22-,23+/m0/s1. The molecule has 1 saturated carbocycles. The highest BCUT2D eigenvalue weighted by Crippen LogP contribution is 2.53. The second-order valence-corrected chi connectivity index (χ2v) is 9.71. The van der Waals surface area contributed by atoms with E-state index in [2.05, 4.69) is 32.9 Å². The van der Waals surface area contributed by atoms with Gasteiger partial charge < -0.3 is 4.74 Å². The number of nitrogens with zero attached hydrogens (tertiary/aromatic N) is 1. The molecular weight excluding hydrogens is 402 g/mol. The van der Waals surface area contributed by atoms with Crippen molar-refractivity contribution < 1.29 is 19.1 Å². The molecule has 2 fully saturated rings. The Bertz CT molecular complexity index is 1100. The van der Waals surface area contributed by atoms with Crippen molar-refractivity contribution in [3.63, 3.8) is 0 Å². The summed E-state index contributed by atoms with van der Waals surface area (Å²) in [6, 6.07) is 14.1. The van der Waals surface area contributed by atoms with E-state index in [9.17, 15) is 14.4 Å². The van der Waals surface area contributed by atoms with Crippen molar-refractivity contribution >= 4 is 23.5 Å². The van der Waals surface area contributed by atoms with Crippen LogP contribution < -0.4 is 9.64 Å². The predicted octanol–water partition coefficient (Wildman–Crippen LogP) is 4.90. The summed E-state index contributed by atoms with van der Waals surface area (Å²) in [6.45, 7) is 6.50. The van der Waals surface area contributed by atoms with Gasteiger partial charge in [-0.2, -0.15) is 0 Å². The Morgan fingerprint density at radius 2 is 1.62 bits per heavy atom. The summed E-state index contributed by atoms with van der Waals surface area (Å²) in [4.78, 5) is 40.1. The molecule has 0 spiro atoms. The molecule has 5 rings (SSSR count). The van der Waals surface area contributed by atoms with Crippen LogP contribution in [0.15, 0.2) is 60.7 Å². The molecule has 2 amide bonds. The highest BCUT2D eigenvalue weighted by atomic mass is 16.5. The average molecular weight is 430 g/mol. The third-order valence-corrected chi connectivity index (χ3v) is 7.54. The van der Waals surface area contributed by atoms with Crippen molar-refractivity contribution in [1.29, 1.82) is 0 Å². The first kappa shape index (κ1) is 20.7. The van der Waals surface area contributed by atoms with Gasteiger partial charge in [0.2, 0.25) is 11.8 Å². The van der Waals surface area contributed by atoms with Crippen LogP contribution in [0.1, 0.15) is 49.5 Å². The van der Waals surface area contributed by atoms with E-state index in [-0.39, 0.29) is 40.9 Å². The summed E-state index contributed by atoms with van der Waals surface area (Å²) >= 11 is 0. The molecule has 5 nitrogen and oxygen atoms in total. The van der Waals surface area contributed by atoms with Gasteiger partial charge in [-0.05, 0) is 66.0 Å². The lowest BCUT2D eigenvalue weighted by atomic mass is 9.82. The zero-order valence-corrected chi connectivity index (χ0v) is 18.6.